The minimum Gasteiger partial charge on any atom is -0.493 e. The van der Waals surface area contributed by atoms with Crippen molar-refractivity contribution in [2.45, 2.75) is 6.92 Å². The number of nitrogens with one attached hydrogen (secondary N) is 1. The lowest BCUT2D eigenvalue weighted by molar-refractivity contribution is -0.104. The molecule has 0 bridgehead atoms. The molecule has 0 atom stereocenters. The summed E-state index contributed by atoms with van der Waals surface area (Å²) in [6.45, 7) is 1.84. The molecule has 1 N–H and O–H groups in total. The zero-order valence-electron chi connectivity index (χ0n) is 14.6. The second kappa shape index (κ2) is 7.18. The number of aryl methyl sites for hydroxylation is 1. The van der Waals surface area contributed by atoms with Gasteiger partial charge >= 0.3 is 0 Å². The summed E-state index contributed by atoms with van der Waals surface area (Å²) in [6.07, 6.45) is 1.76. The molecule has 132 valence electrons. The molecule has 0 amide bonds. The first-order valence-corrected chi connectivity index (χ1v) is 7.81. The van der Waals surface area contributed by atoms with Gasteiger partial charge in [0, 0.05) is 22.7 Å². The normalized spacial score (nSPS) is 10.4. The SMILES string of the molecule is COc1cc2ncnc(Nc3ccc(C(=O)C=O)cc3C)c2cc1OC. The van der Waals surface area contributed by atoms with Gasteiger partial charge in [-0.2, -0.15) is 0 Å². The quantitative estimate of drug-likeness (QED) is 0.414. The van der Waals surface area contributed by atoms with Crippen molar-refractivity contribution in [3.63, 3.8) is 0 Å². The number of fused-ring (bicyclic) bond motifs is 1. The van der Waals surface area contributed by atoms with Gasteiger partial charge < -0.3 is 14.8 Å². The van der Waals surface area contributed by atoms with E-state index in [1.807, 2.05) is 6.92 Å². The van der Waals surface area contributed by atoms with Crippen molar-refractivity contribution in [3.05, 3.63) is 47.8 Å². The Labute approximate surface area is 150 Å². The van der Waals surface area contributed by atoms with Gasteiger partial charge in [0.25, 0.3) is 0 Å². The molecule has 0 aliphatic rings. The maximum atomic E-state index is 11.5. The lowest BCUT2D eigenvalue weighted by Gasteiger charge is -2.13. The van der Waals surface area contributed by atoms with E-state index in [2.05, 4.69) is 15.3 Å². The van der Waals surface area contributed by atoms with Crippen molar-refractivity contribution in [3.8, 4) is 11.5 Å². The van der Waals surface area contributed by atoms with Crippen LogP contribution in [0.25, 0.3) is 10.9 Å². The van der Waals surface area contributed by atoms with E-state index in [1.165, 1.54) is 6.33 Å². The van der Waals surface area contributed by atoms with Crippen LogP contribution in [0.5, 0.6) is 11.5 Å². The molecule has 7 heteroatoms. The largest absolute Gasteiger partial charge is 0.493 e. The second-order valence-electron chi connectivity index (χ2n) is 5.58. The van der Waals surface area contributed by atoms with Gasteiger partial charge in [0.2, 0.25) is 5.78 Å². The topological polar surface area (TPSA) is 90.4 Å². The fraction of sp³-hybridized carbons (Fsp3) is 0.158. The Kier molecular flexibility index (Phi) is 4.79. The first kappa shape index (κ1) is 17.3. The Morgan fingerprint density at radius 3 is 2.46 bits per heavy atom. The van der Waals surface area contributed by atoms with Crippen LogP contribution in [0.15, 0.2) is 36.7 Å². The Morgan fingerprint density at radius 2 is 1.81 bits per heavy atom. The first-order chi connectivity index (χ1) is 12.6. The number of nitrogens with zero attached hydrogens (tertiary/aromatic N) is 2. The van der Waals surface area contributed by atoms with Crippen molar-refractivity contribution in [2.75, 3.05) is 19.5 Å². The smallest absolute Gasteiger partial charge is 0.225 e. The molecule has 0 aliphatic carbocycles. The van der Waals surface area contributed by atoms with Gasteiger partial charge in [-0.05, 0) is 36.8 Å². The van der Waals surface area contributed by atoms with Crippen molar-refractivity contribution < 1.29 is 19.1 Å². The van der Waals surface area contributed by atoms with Crippen LogP contribution >= 0.6 is 0 Å². The van der Waals surface area contributed by atoms with Crippen LogP contribution in [0.4, 0.5) is 11.5 Å². The maximum Gasteiger partial charge on any atom is 0.225 e. The van der Waals surface area contributed by atoms with E-state index < -0.39 is 5.78 Å². The van der Waals surface area contributed by atoms with Crippen molar-refractivity contribution in [1.82, 2.24) is 9.97 Å². The standard InChI is InChI=1S/C19H17N3O4/c1-11-6-12(16(24)9-23)4-5-14(11)22-19-13-7-17(25-2)18(26-3)8-15(13)20-10-21-19/h4-10H,1-3H3,(H,20,21,22). The summed E-state index contributed by atoms with van der Waals surface area (Å²) in [5.41, 5.74) is 2.62. The number of rotatable bonds is 6. The zero-order valence-corrected chi connectivity index (χ0v) is 14.6. The average molecular weight is 351 g/mol. The van der Waals surface area contributed by atoms with Crippen LogP contribution in [0, 0.1) is 6.92 Å². The minimum atomic E-state index is -0.552. The number of ketones is 1. The number of anilines is 2. The minimum absolute atomic E-state index is 0.305. The summed E-state index contributed by atoms with van der Waals surface area (Å²) >= 11 is 0. The summed E-state index contributed by atoms with van der Waals surface area (Å²) in [6, 6.07) is 8.57. The van der Waals surface area contributed by atoms with Crippen LogP contribution in [0.2, 0.25) is 0 Å². The van der Waals surface area contributed by atoms with Crippen LogP contribution in [0.3, 0.4) is 0 Å². The molecule has 2 aromatic carbocycles. The van der Waals surface area contributed by atoms with E-state index in [9.17, 15) is 9.59 Å². The number of hydrogen-bond acceptors (Lipinski definition) is 7. The third-order valence-corrected chi connectivity index (χ3v) is 4.01. The fourth-order valence-electron chi connectivity index (χ4n) is 2.64. The third-order valence-electron chi connectivity index (χ3n) is 4.01. The summed E-state index contributed by atoms with van der Waals surface area (Å²) in [7, 11) is 3.13. The van der Waals surface area contributed by atoms with Gasteiger partial charge in [-0.1, -0.05) is 0 Å². The van der Waals surface area contributed by atoms with Crippen molar-refractivity contribution >= 4 is 34.5 Å². The first-order valence-electron chi connectivity index (χ1n) is 7.81. The average Bonchev–Trinajstić information content (AvgIpc) is 2.67. The monoisotopic (exact) mass is 351 g/mol. The van der Waals surface area contributed by atoms with E-state index in [0.29, 0.717) is 34.7 Å². The van der Waals surface area contributed by atoms with Gasteiger partial charge in [0.05, 0.1) is 19.7 Å². The Bertz CT molecular complexity index is 1000. The van der Waals surface area contributed by atoms with Crippen LogP contribution in [-0.4, -0.2) is 36.3 Å². The summed E-state index contributed by atoms with van der Waals surface area (Å²) in [4.78, 5) is 30.7. The number of benzene rings is 2. The van der Waals surface area contributed by atoms with Crippen molar-refractivity contribution in [1.29, 1.82) is 0 Å². The number of Topliss-reactive ketones (excluding diaryl/α,β-unsaturated/α-hetero) is 1. The molecule has 1 aromatic heterocycles. The van der Waals surface area contributed by atoms with Gasteiger partial charge in [-0.3, -0.25) is 9.59 Å². The number of hydrogen-bond donors (Lipinski definition) is 1. The predicted octanol–water partition coefficient (Wildman–Crippen LogP) is 3.08. The van der Waals surface area contributed by atoms with Crippen LogP contribution in [0.1, 0.15) is 15.9 Å². The predicted molar refractivity (Wildman–Crippen MR) is 97.5 cm³/mol. The molecule has 0 saturated carbocycles. The molecule has 0 unspecified atom stereocenters. The van der Waals surface area contributed by atoms with E-state index in [4.69, 9.17) is 9.47 Å². The molecular weight excluding hydrogens is 334 g/mol. The molecule has 0 spiro atoms. The highest BCUT2D eigenvalue weighted by molar-refractivity contribution is 6.33. The number of carbonyl (C=O) groups is 2. The molecule has 0 fully saturated rings. The van der Waals surface area contributed by atoms with E-state index in [0.717, 1.165) is 16.6 Å². The summed E-state index contributed by atoms with van der Waals surface area (Å²) in [5, 5.41) is 4.00. The third kappa shape index (κ3) is 3.19. The lowest BCUT2D eigenvalue weighted by Crippen LogP contribution is -2.03. The molecular formula is C19H17N3O4. The number of aldehydes is 1. The van der Waals surface area contributed by atoms with Gasteiger partial charge in [-0.25, -0.2) is 9.97 Å². The molecule has 3 aromatic rings. The fourth-order valence-corrected chi connectivity index (χ4v) is 2.64. The number of ether oxygens (including phenoxy) is 2. The molecule has 3 rings (SSSR count). The number of aromatic nitrogens is 2. The Balaban J connectivity index is 2.04. The molecule has 26 heavy (non-hydrogen) atoms. The van der Waals surface area contributed by atoms with Crippen LogP contribution in [-0.2, 0) is 4.79 Å². The van der Waals surface area contributed by atoms with Crippen molar-refractivity contribution in [2.24, 2.45) is 0 Å². The summed E-state index contributed by atoms with van der Waals surface area (Å²) < 4.78 is 10.7. The maximum absolute atomic E-state index is 11.5. The second-order valence-corrected chi connectivity index (χ2v) is 5.58. The Hall–Kier alpha value is -3.48. The highest BCUT2D eigenvalue weighted by Crippen LogP contribution is 2.34. The van der Waals surface area contributed by atoms with E-state index >= 15 is 0 Å². The number of methoxy groups -OCH3 is 2. The molecule has 0 radical (unpaired) electrons. The van der Waals surface area contributed by atoms with Gasteiger partial charge in [0.1, 0.15) is 12.1 Å². The number of carbonyl (C=O) groups excluding carboxylic acids is 2. The van der Waals surface area contributed by atoms with Gasteiger partial charge in [-0.15, -0.1) is 0 Å². The molecule has 0 aliphatic heterocycles. The highest BCUT2D eigenvalue weighted by Gasteiger charge is 2.12. The highest BCUT2D eigenvalue weighted by atomic mass is 16.5. The zero-order chi connectivity index (χ0) is 18.7. The Morgan fingerprint density at radius 1 is 1.08 bits per heavy atom. The van der Waals surface area contributed by atoms with E-state index in [-0.39, 0.29) is 0 Å². The molecule has 0 saturated heterocycles. The van der Waals surface area contributed by atoms with Gasteiger partial charge in [0.15, 0.2) is 17.8 Å². The lowest BCUT2D eigenvalue weighted by atomic mass is 10.1. The van der Waals surface area contributed by atoms with Crippen LogP contribution < -0.4 is 14.8 Å². The molecule has 1 heterocycles. The molecule has 7 nitrogen and oxygen atoms in total. The van der Waals surface area contributed by atoms with E-state index in [1.54, 1.807) is 44.6 Å². The summed E-state index contributed by atoms with van der Waals surface area (Å²) in [5.74, 6) is 1.19.